The van der Waals surface area contributed by atoms with Gasteiger partial charge in [0.2, 0.25) is 21.8 Å². The summed E-state index contributed by atoms with van der Waals surface area (Å²) in [5, 5.41) is 3.12. The first kappa shape index (κ1) is 25.3. The molecule has 11 heteroatoms. The molecule has 0 aliphatic rings. The molecule has 1 atom stereocenters. The first-order chi connectivity index (χ1) is 14.5. The molecule has 0 aromatic heterocycles. The number of likely N-dealkylation sites (N-methyl/N-ethyl adjacent to an activating group) is 1. The van der Waals surface area contributed by atoms with Crippen molar-refractivity contribution in [1.29, 1.82) is 0 Å². The lowest BCUT2D eigenvalue weighted by Gasteiger charge is -2.31. The maximum atomic E-state index is 13.3. The molecule has 2 aromatic rings. The van der Waals surface area contributed by atoms with Gasteiger partial charge in [0, 0.05) is 18.6 Å². The molecule has 0 aliphatic heterocycles. The molecule has 0 spiro atoms. The van der Waals surface area contributed by atoms with Crippen LogP contribution in [0.25, 0.3) is 0 Å². The summed E-state index contributed by atoms with van der Waals surface area (Å²) < 4.78 is 25.8. The fraction of sp³-hybridized carbons (Fsp3) is 0.300. The number of amides is 2. The van der Waals surface area contributed by atoms with E-state index in [0.717, 1.165) is 10.6 Å². The molecule has 0 bridgehead atoms. The molecule has 0 heterocycles. The first-order valence-electron chi connectivity index (χ1n) is 9.13. The van der Waals surface area contributed by atoms with Crippen molar-refractivity contribution in [2.75, 3.05) is 24.2 Å². The second-order valence-electron chi connectivity index (χ2n) is 6.78. The van der Waals surface area contributed by atoms with E-state index in [1.807, 2.05) is 0 Å². The van der Waals surface area contributed by atoms with Crippen molar-refractivity contribution in [3.05, 3.63) is 63.1 Å². The average Bonchev–Trinajstić information content (AvgIpc) is 2.70. The number of hydrogen-bond donors (Lipinski definition) is 1. The minimum atomic E-state index is -3.90. The van der Waals surface area contributed by atoms with Crippen LogP contribution < -0.4 is 9.62 Å². The van der Waals surface area contributed by atoms with Gasteiger partial charge in [-0.2, -0.15) is 0 Å². The van der Waals surface area contributed by atoms with Crippen LogP contribution in [0.1, 0.15) is 12.5 Å². The van der Waals surface area contributed by atoms with Crippen LogP contribution in [0.15, 0.2) is 42.5 Å². The molecule has 7 nitrogen and oxygen atoms in total. The van der Waals surface area contributed by atoms with Gasteiger partial charge in [-0.15, -0.1) is 0 Å². The first-order valence-corrected chi connectivity index (χ1v) is 12.1. The number of halogens is 3. The van der Waals surface area contributed by atoms with Crippen LogP contribution in [0.3, 0.4) is 0 Å². The molecule has 31 heavy (non-hydrogen) atoms. The molecule has 0 saturated carbocycles. The van der Waals surface area contributed by atoms with E-state index in [-0.39, 0.29) is 22.3 Å². The Morgan fingerprint density at radius 2 is 1.74 bits per heavy atom. The number of carbonyl (C=O) groups excluding carboxylic acids is 2. The highest BCUT2D eigenvalue weighted by molar-refractivity contribution is 7.92. The lowest BCUT2D eigenvalue weighted by molar-refractivity contribution is -0.139. The predicted octanol–water partition coefficient (Wildman–Crippen LogP) is 3.58. The average molecular weight is 507 g/mol. The predicted molar refractivity (Wildman–Crippen MR) is 124 cm³/mol. The molecule has 1 N–H and O–H groups in total. The number of carbonyl (C=O) groups is 2. The summed E-state index contributed by atoms with van der Waals surface area (Å²) in [4.78, 5) is 26.8. The summed E-state index contributed by atoms with van der Waals surface area (Å²) in [6, 6.07) is 10.5. The van der Waals surface area contributed by atoms with Gasteiger partial charge >= 0.3 is 0 Å². The topological polar surface area (TPSA) is 86.8 Å². The molecule has 2 rings (SSSR count). The van der Waals surface area contributed by atoms with E-state index in [4.69, 9.17) is 34.8 Å². The van der Waals surface area contributed by atoms with Crippen molar-refractivity contribution in [3.63, 3.8) is 0 Å². The molecule has 2 aromatic carbocycles. The number of anilines is 1. The van der Waals surface area contributed by atoms with Crippen molar-refractivity contribution in [3.8, 4) is 0 Å². The Balaban J connectivity index is 2.43. The van der Waals surface area contributed by atoms with Crippen molar-refractivity contribution < 1.29 is 18.0 Å². The summed E-state index contributed by atoms with van der Waals surface area (Å²) in [5.74, 6) is -1.00. The Morgan fingerprint density at radius 3 is 2.32 bits per heavy atom. The standard InChI is InChI=1S/C20H22Cl3N3O4S/c1-13(20(28)24-2)25(11-14-6-4-7-15(21)10-14)18(27)12-26(31(3,29)30)17-9-5-8-16(22)19(17)23/h4-10,13H,11-12H2,1-3H3,(H,24,28)/t13-/m0/s1. The van der Waals surface area contributed by atoms with Gasteiger partial charge < -0.3 is 10.2 Å². The third kappa shape index (κ3) is 6.49. The van der Waals surface area contributed by atoms with Crippen LogP contribution in [0, 0.1) is 0 Å². The molecule has 0 unspecified atom stereocenters. The summed E-state index contributed by atoms with van der Waals surface area (Å²) in [5.41, 5.74) is 0.753. The number of hydrogen-bond acceptors (Lipinski definition) is 4. The zero-order chi connectivity index (χ0) is 23.3. The highest BCUT2D eigenvalue weighted by atomic mass is 35.5. The Hall–Kier alpha value is -2.00. The third-order valence-electron chi connectivity index (χ3n) is 4.53. The van der Waals surface area contributed by atoms with E-state index in [2.05, 4.69) is 5.32 Å². The largest absolute Gasteiger partial charge is 0.357 e. The summed E-state index contributed by atoms with van der Waals surface area (Å²) in [7, 11) is -2.44. The van der Waals surface area contributed by atoms with Gasteiger partial charge in [-0.25, -0.2) is 8.42 Å². The van der Waals surface area contributed by atoms with Gasteiger partial charge in [-0.1, -0.05) is 53.0 Å². The number of benzene rings is 2. The SMILES string of the molecule is CNC(=O)[C@H](C)N(Cc1cccc(Cl)c1)C(=O)CN(c1cccc(Cl)c1Cl)S(C)(=O)=O. The zero-order valence-corrected chi connectivity index (χ0v) is 20.2. The van der Waals surface area contributed by atoms with Crippen LogP contribution in [0.2, 0.25) is 15.1 Å². The van der Waals surface area contributed by atoms with E-state index in [0.29, 0.717) is 10.6 Å². The monoisotopic (exact) mass is 505 g/mol. The molecule has 0 fully saturated rings. The summed E-state index contributed by atoms with van der Waals surface area (Å²) in [6.45, 7) is 1.04. The van der Waals surface area contributed by atoms with Crippen molar-refractivity contribution >= 4 is 62.3 Å². The van der Waals surface area contributed by atoms with Gasteiger partial charge in [-0.05, 0) is 36.8 Å². The number of sulfonamides is 1. The number of rotatable bonds is 8. The van der Waals surface area contributed by atoms with Crippen LogP contribution in [0.5, 0.6) is 0 Å². The van der Waals surface area contributed by atoms with Crippen molar-refractivity contribution in [2.24, 2.45) is 0 Å². The highest BCUT2D eigenvalue weighted by Gasteiger charge is 2.30. The maximum absolute atomic E-state index is 13.3. The minimum Gasteiger partial charge on any atom is -0.357 e. The van der Waals surface area contributed by atoms with E-state index in [9.17, 15) is 18.0 Å². The van der Waals surface area contributed by atoms with Gasteiger partial charge in [0.1, 0.15) is 12.6 Å². The lowest BCUT2D eigenvalue weighted by atomic mass is 10.1. The molecular weight excluding hydrogens is 485 g/mol. The molecule has 0 aliphatic carbocycles. The normalized spacial score (nSPS) is 12.2. The van der Waals surface area contributed by atoms with E-state index >= 15 is 0 Å². The van der Waals surface area contributed by atoms with Gasteiger partial charge in [0.25, 0.3) is 0 Å². The Kier molecular flexibility index (Phi) is 8.59. The number of nitrogens with one attached hydrogen (secondary N) is 1. The second-order valence-corrected chi connectivity index (χ2v) is 9.91. The van der Waals surface area contributed by atoms with Crippen LogP contribution >= 0.6 is 34.8 Å². The smallest absolute Gasteiger partial charge is 0.244 e. The van der Waals surface area contributed by atoms with Crippen LogP contribution in [0.4, 0.5) is 5.69 Å². The van der Waals surface area contributed by atoms with Crippen LogP contribution in [-0.4, -0.2) is 51.0 Å². The second kappa shape index (κ2) is 10.5. The van der Waals surface area contributed by atoms with Gasteiger partial charge in [0.05, 0.1) is 22.0 Å². The van der Waals surface area contributed by atoms with E-state index < -0.39 is 34.4 Å². The summed E-state index contributed by atoms with van der Waals surface area (Å²) >= 11 is 18.3. The fourth-order valence-electron chi connectivity index (χ4n) is 2.90. The maximum Gasteiger partial charge on any atom is 0.244 e. The van der Waals surface area contributed by atoms with Gasteiger partial charge in [0.15, 0.2) is 0 Å². The van der Waals surface area contributed by atoms with Crippen molar-refractivity contribution in [2.45, 2.75) is 19.5 Å². The molecular formula is C20H22Cl3N3O4S. The Bertz CT molecular complexity index is 1080. The number of nitrogens with zero attached hydrogens (tertiary/aromatic N) is 2. The summed E-state index contributed by atoms with van der Waals surface area (Å²) in [6.07, 6.45) is 0.959. The van der Waals surface area contributed by atoms with E-state index in [1.54, 1.807) is 31.2 Å². The van der Waals surface area contributed by atoms with Gasteiger partial charge in [-0.3, -0.25) is 13.9 Å². The minimum absolute atomic E-state index is 0.00290. The fourth-order valence-corrected chi connectivity index (χ4v) is 4.42. The molecule has 0 saturated heterocycles. The van der Waals surface area contributed by atoms with Crippen molar-refractivity contribution in [1.82, 2.24) is 10.2 Å². The molecule has 168 valence electrons. The lowest BCUT2D eigenvalue weighted by Crippen LogP contribution is -2.50. The Morgan fingerprint density at radius 1 is 1.10 bits per heavy atom. The quantitative estimate of drug-likeness (QED) is 0.593. The zero-order valence-electron chi connectivity index (χ0n) is 17.1. The molecule has 0 radical (unpaired) electrons. The van der Waals surface area contributed by atoms with Crippen LogP contribution in [-0.2, 0) is 26.2 Å². The molecule has 2 amide bonds. The third-order valence-corrected chi connectivity index (χ3v) is 6.71. The highest BCUT2D eigenvalue weighted by Crippen LogP contribution is 2.33. The van der Waals surface area contributed by atoms with E-state index in [1.165, 1.54) is 30.1 Å². The Labute approximate surface area is 196 Å².